The molecule has 27 heavy (non-hydrogen) atoms. The summed E-state index contributed by atoms with van der Waals surface area (Å²) in [4.78, 5) is 26.8. The Kier molecular flexibility index (Phi) is 8.33. The molecule has 0 aliphatic heterocycles. The number of carbonyl (C=O) groups excluding carboxylic acids is 2. The molecular formula is C21H25BrN2O3. The minimum atomic E-state index is -0.595. The normalized spacial score (nSPS) is 11.5. The van der Waals surface area contributed by atoms with E-state index in [1.165, 1.54) is 0 Å². The third kappa shape index (κ3) is 6.71. The van der Waals surface area contributed by atoms with E-state index < -0.39 is 6.04 Å². The number of para-hydroxylation sites is 1. The van der Waals surface area contributed by atoms with E-state index in [4.69, 9.17) is 4.74 Å². The number of benzene rings is 2. The van der Waals surface area contributed by atoms with E-state index in [0.717, 1.165) is 16.5 Å². The zero-order chi connectivity index (χ0) is 19.6. The highest BCUT2D eigenvalue weighted by Crippen LogP contribution is 2.16. The molecule has 144 valence electrons. The second kappa shape index (κ2) is 10.7. The lowest BCUT2D eigenvalue weighted by Gasteiger charge is -2.28. The Morgan fingerprint density at radius 2 is 1.89 bits per heavy atom. The zero-order valence-corrected chi connectivity index (χ0v) is 17.2. The molecule has 6 heteroatoms. The van der Waals surface area contributed by atoms with Gasteiger partial charge < -0.3 is 15.0 Å². The lowest BCUT2D eigenvalue weighted by Crippen LogP contribution is -2.49. The molecule has 0 aliphatic rings. The quantitative estimate of drug-likeness (QED) is 0.655. The van der Waals surface area contributed by atoms with Gasteiger partial charge in [0.1, 0.15) is 11.8 Å². The summed E-state index contributed by atoms with van der Waals surface area (Å²) in [5.74, 6) is 0.217. The maximum Gasteiger partial charge on any atom is 0.261 e. The average molecular weight is 433 g/mol. The maximum absolute atomic E-state index is 12.8. The van der Waals surface area contributed by atoms with Crippen LogP contribution < -0.4 is 10.1 Å². The van der Waals surface area contributed by atoms with Crippen LogP contribution in [0.3, 0.4) is 0 Å². The van der Waals surface area contributed by atoms with Crippen LogP contribution in [0, 0.1) is 0 Å². The van der Waals surface area contributed by atoms with Gasteiger partial charge in [0, 0.05) is 17.6 Å². The van der Waals surface area contributed by atoms with Crippen LogP contribution in [0.25, 0.3) is 0 Å². The van der Waals surface area contributed by atoms with E-state index in [1.54, 1.807) is 24.0 Å². The van der Waals surface area contributed by atoms with Crippen molar-refractivity contribution in [3.63, 3.8) is 0 Å². The first-order valence-corrected chi connectivity index (χ1v) is 9.80. The number of amides is 2. The van der Waals surface area contributed by atoms with Crippen LogP contribution >= 0.6 is 15.9 Å². The standard InChI is InChI=1S/C21H25BrN2O3/c1-3-12-23-21(26)16(2)24(14-17-8-7-9-18(22)13-17)20(25)15-27-19-10-5-4-6-11-19/h4-11,13,16H,3,12,14-15H2,1-2H3,(H,23,26)/t16-/m1/s1. The number of hydrogen-bond acceptors (Lipinski definition) is 3. The van der Waals surface area contributed by atoms with Crippen LogP contribution in [0.15, 0.2) is 59.1 Å². The highest BCUT2D eigenvalue weighted by atomic mass is 79.9. The molecule has 0 saturated heterocycles. The SMILES string of the molecule is CCCNC(=O)[C@@H](C)N(Cc1cccc(Br)c1)C(=O)COc1ccccc1. The van der Waals surface area contributed by atoms with E-state index in [2.05, 4.69) is 21.2 Å². The predicted octanol–water partition coefficient (Wildman–Crippen LogP) is 3.77. The number of ether oxygens (including phenoxy) is 1. The van der Waals surface area contributed by atoms with Gasteiger partial charge in [-0.1, -0.05) is 53.2 Å². The van der Waals surface area contributed by atoms with E-state index in [0.29, 0.717) is 18.8 Å². The van der Waals surface area contributed by atoms with Crippen molar-refractivity contribution >= 4 is 27.7 Å². The van der Waals surface area contributed by atoms with Crippen molar-refractivity contribution in [3.8, 4) is 5.75 Å². The van der Waals surface area contributed by atoms with Crippen LogP contribution in [0.2, 0.25) is 0 Å². The third-order valence-electron chi connectivity index (χ3n) is 4.06. The van der Waals surface area contributed by atoms with E-state index >= 15 is 0 Å². The van der Waals surface area contributed by atoms with Crippen molar-refractivity contribution in [1.29, 1.82) is 0 Å². The topological polar surface area (TPSA) is 58.6 Å². The molecule has 2 aromatic rings. The summed E-state index contributed by atoms with van der Waals surface area (Å²) in [5.41, 5.74) is 0.938. The molecule has 0 saturated carbocycles. The molecule has 0 spiro atoms. The number of nitrogens with one attached hydrogen (secondary N) is 1. The highest BCUT2D eigenvalue weighted by molar-refractivity contribution is 9.10. The van der Waals surface area contributed by atoms with Crippen molar-refractivity contribution in [3.05, 3.63) is 64.6 Å². The summed E-state index contributed by atoms with van der Waals surface area (Å²) >= 11 is 3.44. The summed E-state index contributed by atoms with van der Waals surface area (Å²) in [5, 5.41) is 2.86. The minimum absolute atomic E-state index is 0.122. The van der Waals surface area contributed by atoms with Crippen LogP contribution in [0.4, 0.5) is 0 Å². The first kappa shape index (κ1) is 21.0. The van der Waals surface area contributed by atoms with Gasteiger partial charge in [0.2, 0.25) is 5.91 Å². The van der Waals surface area contributed by atoms with Crippen LogP contribution in [-0.2, 0) is 16.1 Å². The Bertz CT molecular complexity index is 752. The average Bonchev–Trinajstić information content (AvgIpc) is 2.68. The molecule has 2 amide bonds. The van der Waals surface area contributed by atoms with Gasteiger partial charge in [0.05, 0.1) is 0 Å². The molecule has 1 atom stereocenters. The Labute approximate surface area is 168 Å². The molecule has 2 aromatic carbocycles. The molecule has 0 aromatic heterocycles. The molecule has 0 radical (unpaired) electrons. The van der Waals surface area contributed by atoms with Gasteiger partial charge >= 0.3 is 0 Å². The van der Waals surface area contributed by atoms with Gasteiger partial charge in [-0.05, 0) is 43.2 Å². The molecule has 0 fully saturated rings. The van der Waals surface area contributed by atoms with Gasteiger partial charge in [0.15, 0.2) is 6.61 Å². The Morgan fingerprint density at radius 3 is 2.56 bits per heavy atom. The van der Waals surface area contributed by atoms with Crippen LogP contribution in [0.1, 0.15) is 25.8 Å². The molecule has 2 rings (SSSR count). The summed E-state index contributed by atoms with van der Waals surface area (Å²) in [6, 6.07) is 16.3. The van der Waals surface area contributed by atoms with Crippen molar-refractivity contribution in [2.75, 3.05) is 13.2 Å². The molecule has 0 unspecified atom stereocenters. The van der Waals surface area contributed by atoms with E-state index in [1.807, 2.05) is 49.4 Å². The number of nitrogens with zero attached hydrogens (tertiary/aromatic N) is 1. The second-order valence-electron chi connectivity index (χ2n) is 6.22. The maximum atomic E-state index is 12.8. The van der Waals surface area contributed by atoms with Gasteiger partial charge in [-0.2, -0.15) is 0 Å². The van der Waals surface area contributed by atoms with Crippen molar-refractivity contribution in [2.24, 2.45) is 0 Å². The van der Waals surface area contributed by atoms with Gasteiger partial charge in [-0.3, -0.25) is 9.59 Å². The highest BCUT2D eigenvalue weighted by Gasteiger charge is 2.26. The summed E-state index contributed by atoms with van der Waals surface area (Å²) in [7, 11) is 0. The van der Waals surface area contributed by atoms with E-state index in [-0.39, 0.29) is 18.4 Å². The molecule has 5 nitrogen and oxygen atoms in total. The fourth-order valence-electron chi connectivity index (χ4n) is 2.56. The summed E-state index contributed by atoms with van der Waals surface area (Å²) < 4.78 is 6.52. The zero-order valence-electron chi connectivity index (χ0n) is 15.7. The summed E-state index contributed by atoms with van der Waals surface area (Å²) in [6.45, 7) is 4.52. The molecule has 0 heterocycles. The monoisotopic (exact) mass is 432 g/mol. The van der Waals surface area contributed by atoms with Gasteiger partial charge in [-0.25, -0.2) is 0 Å². The Hall–Kier alpha value is -2.34. The number of halogens is 1. The largest absolute Gasteiger partial charge is 0.484 e. The van der Waals surface area contributed by atoms with Gasteiger partial charge in [0.25, 0.3) is 5.91 Å². The second-order valence-corrected chi connectivity index (χ2v) is 7.14. The minimum Gasteiger partial charge on any atom is -0.484 e. The lowest BCUT2D eigenvalue weighted by molar-refractivity contribution is -0.142. The van der Waals surface area contributed by atoms with Gasteiger partial charge in [-0.15, -0.1) is 0 Å². The van der Waals surface area contributed by atoms with Crippen molar-refractivity contribution in [2.45, 2.75) is 32.9 Å². The summed E-state index contributed by atoms with van der Waals surface area (Å²) in [6.07, 6.45) is 0.842. The van der Waals surface area contributed by atoms with Crippen LogP contribution in [0.5, 0.6) is 5.75 Å². The predicted molar refractivity (Wildman–Crippen MR) is 109 cm³/mol. The molecule has 0 aliphatic carbocycles. The molecule has 0 bridgehead atoms. The molecular weight excluding hydrogens is 408 g/mol. The third-order valence-corrected chi connectivity index (χ3v) is 4.56. The number of hydrogen-bond donors (Lipinski definition) is 1. The Morgan fingerprint density at radius 1 is 1.15 bits per heavy atom. The smallest absolute Gasteiger partial charge is 0.261 e. The lowest BCUT2D eigenvalue weighted by atomic mass is 10.1. The van der Waals surface area contributed by atoms with E-state index in [9.17, 15) is 9.59 Å². The molecule has 1 N–H and O–H groups in total. The van der Waals surface area contributed by atoms with Crippen LogP contribution in [-0.4, -0.2) is 35.9 Å². The number of rotatable bonds is 9. The van der Waals surface area contributed by atoms with Crippen molar-refractivity contribution in [1.82, 2.24) is 10.2 Å². The first-order valence-electron chi connectivity index (χ1n) is 9.00. The fraction of sp³-hybridized carbons (Fsp3) is 0.333. The Balaban J connectivity index is 2.11. The number of carbonyl (C=O) groups is 2. The fourth-order valence-corrected chi connectivity index (χ4v) is 3.00. The first-order chi connectivity index (χ1) is 13.0. The van der Waals surface area contributed by atoms with Crippen molar-refractivity contribution < 1.29 is 14.3 Å².